The van der Waals surface area contributed by atoms with Gasteiger partial charge in [0, 0.05) is 31.0 Å². The van der Waals surface area contributed by atoms with E-state index in [9.17, 15) is 13.6 Å². The smallest absolute Gasteiger partial charge is 0.262 e. The Morgan fingerprint density at radius 2 is 2.04 bits per heavy atom. The molecule has 1 aromatic heterocycles. The second-order valence-electron chi connectivity index (χ2n) is 7.03. The molecule has 0 saturated carbocycles. The first-order chi connectivity index (χ1) is 12.5. The van der Waals surface area contributed by atoms with Crippen LogP contribution in [0.1, 0.15) is 31.0 Å². The van der Waals surface area contributed by atoms with Gasteiger partial charge in [-0.25, -0.2) is 13.8 Å². The van der Waals surface area contributed by atoms with Gasteiger partial charge in [-0.05, 0) is 12.8 Å². The molecule has 1 aromatic carbocycles. The lowest BCUT2D eigenvalue weighted by molar-refractivity contribution is -0.135. The van der Waals surface area contributed by atoms with E-state index >= 15 is 0 Å². The molecule has 0 bridgehead atoms. The van der Waals surface area contributed by atoms with Crippen LogP contribution in [0.25, 0.3) is 11.4 Å². The first kappa shape index (κ1) is 19.7. The number of aromatic amines is 1. The Morgan fingerprint density at radius 3 is 2.74 bits per heavy atom. The second kappa shape index (κ2) is 7.90. The highest BCUT2D eigenvalue weighted by Gasteiger charge is 2.44. The lowest BCUT2D eigenvalue weighted by Crippen LogP contribution is -2.47. The van der Waals surface area contributed by atoms with Crippen molar-refractivity contribution in [1.82, 2.24) is 25.4 Å². The topological polar surface area (TPSA) is 73.9 Å². The molecule has 2 aliphatic rings. The zero-order chi connectivity index (χ0) is 18.1. The zero-order valence-corrected chi connectivity index (χ0v) is 15.5. The first-order valence-electron chi connectivity index (χ1n) is 8.89. The average molecular weight is 398 g/mol. The number of amides is 1. The minimum absolute atomic E-state index is 0. The number of likely N-dealkylation sites (tertiary alicyclic amines) is 1. The number of halogens is 3. The van der Waals surface area contributed by atoms with Crippen LogP contribution in [0.5, 0.6) is 0 Å². The SMILES string of the molecule is Cl.O=C(C1CC(F)(F)CN1)N1CCCC(c2nc(-c3ccccc3)n[nH]2)C1. The van der Waals surface area contributed by atoms with Crippen LogP contribution in [-0.4, -0.2) is 57.6 Å². The third-order valence-electron chi connectivity index (χ3n) is 5.06. The number of hydrogen-bond donors (Lipinski definition) is 2. The fourth-order valence-corrected chi connectivity index (χ4v) is 3.68. The fraction of sp³-hybridized carbons (Fsp3) is 0.500. The van der Waals surface area contributed by atoms with Crippen LogP contribution in [0.15, 0.2) is 30.3 Å². The largest absolute Gasteiger partial charge is 0.341 e. The van der Waals surface area contributed by atoms with Crippen molar-refractivity contribution >= 4 is 18.3 Å². The van der Waals surface area contributed by atoms with Crippen molar-refractivity contribution in [2.24, 2.45) is 0 Å². The maximum Gasteiger partial charge on any atom is 0.262 e. The van der Waals surface area contributed by atoms with Gasteiger partial charge in [-0.3, -0.25) is 15.2 Å². The molecule has 3 heterocycles. The Hall–Kier alpha value is -2.06. The molecular weight excluding hydrogens is 376 g/mol. The van der Waals surface area contributed by atoms with Gasteiger partial charge in [0.15, 0.2) is 5.82 Å². The van der Waals surface area contributed by atoms with Crippen molar-refractivity contribution in [2.75, 3.05) is 19.6 Å². The molecular formula is C18H22ClF2N5O. The van der Waals surface area contributed by atoms with Crippen molar-refractivity contribution in [1.29, 1.82) is 0 Å². The van der Waals surface area contributed by atoms with E-state index in [2.05, 4.69) is 20.5 Å². The predicted molar refractivity (Wildman–Crippen MR) is 99.0 cm³/mol. The molecule has 0 aliphatic carbocycles. The second-order valence-corrected chi connectivity index (χ2v) is 7.03. The first-order valence-corrected chi connectivity index (χ1v) is 8.89. The standard InChI is InChI=1S/C18H21F2N5O.ClH/c19-18(20)9-14(21-11-18)17(26)25-8-4-7-13(10-25)16-22-15(23-24-16)12-5-2-1-3-6-12;/h1-3,5-6,13-14,21H,4,7-11H2,(H,22,23,24);1H. The highest BCUT2D eigenvalue weighted by atomic mass is 35.5. The Labute approximate surface area is 162 Å². The highest BCUT2D eigenvalue weighted by Crippen LogP contribution is 2.29. The number of nitrogens with one attached hydrogen (secondary N) is 2. The molecule has 2 N–H and O–H groups in total. The summed E-state index contributed by atoms with van der Waals surface area (Å²) in [4.78, 5) is 18.8. The third kappa shape index (κ3) is 4.27. The van der Waals surface area contributed by atoms with Crippen molar-refractivity contribution < 1.29 is 13.6 Å². The zero-order valence-electron chi connectivity index (χ0n) is 14.7. The number of carbonyl (C=O) groups is 1. The number of nitrogens with zero attached hydrogens (tertiary/aromatic N) is 3. The number of hydrogen-bond acceptors (Lipinski definition) is 4. The Kier molecular flexibility index (Phi) is 5.76. The van der Waals surface area contributed by atoms with Gasteiger partial charge < -0.3 is 4.90 Å². The summed E-state index contributed by atoms with van der Waals surface area (Å²) in [5.74, 6) is -1.63. The van der Waals surface area contributed by atoms with Crippen LogP contribution in [0, 0.1) is 0 Å². The molecule has 2 aromatic rings. The van der Waals surface area contributed by atoms with Crippen LogP contribution in [0.4, 0.5) is 8.78 Å². The van der Waals surface area contributed by atoms with Crippen LogP contribution < -0.4 is 5.32 Å². The number of piperidine rings is 1. The van der Waals surface area contributed by atoms with E-state index in [0.29, 0.717) is 18.9 Å². The lowest BCUT2D eigenvalue weighted by Gasteiger charge is -2.33. The van der Waals surface area contributed by atoms with Gasteiger partial charge >= 0.3 is 0 Å². The van der Waals surface area contributed by atoms with E-state index in [1.807, 2.05) is 30.3 Å². The van der Waals surface area contributed by atoms with E-state index in [1.54, 1.807) is 4.90 Å². The van der Waals surface area contributed by atoms with Crippen molar-refractivity contribution in [3.63, 3.8) is 0 Å². The summed E-state index contributed by atoms with van der Waals surface area (Å²) in [6.07, 6.45) is 1.29. The van der Waals surface area contributed by atoms with Gasteiger partial charge in [-0.1, -0.05) is 30.3 Å². The number of aromatic nitrogens is 3. The molecule has 0 radical (unpaired) electrons. The molecule has 1 amide bonds. The monoisotopic (exact) mass is 397 g/mol. The van der Waals surface area contributed by atoms with Crippen LogP contribution in [0.3, 0.4) is 0 Å². The number of H-pyrrole nitrogens is 1. The summed E-state index contributed by atoms with van der Waals surface area (Å²) in [7, 11) is 0. The molecule has 2 atom stereocenters. The lowest BCUT2D eigenvalue weighted by atomic mass is 9.96. The summed E-state index contributed by atoms with van der Waals surface area (Å²) in [5.41, 5.74) is 0.927. The predicted octanol–water partition coefficient (Wildman–Crippen LogP) is 2.60. The molecule has 2 aliphatic heterocycles. The maximum absolute atomic E-state index is 13.4. The Morgan fingerprint density at radius 1 is 1.26 bits per heavy atom. The summed E-state index contributed by atoms with van der Waals surface area (Å²) in [5, 5.41) is 9.91. The molecule has 6 nitrogen and oxygen atoms in total. The summed E-state index contributed by atoms with van der Waals surface area (Å²) >= 11 is 0. The molecule has 2 unspecified atom stereocenters. The van der Waals surface area contributed by atoms with Gasteiger partial charge in [0.25, 0.3) is 5.92 Å². The van der Waals surface area contributed by atoms with Gasteiger partial charge in [-0.2, -0.15) is 5.10 Å². The molecule has 0 spiro atoms. The molecule has 2 saturated heterocycles. The molecule has 4 rings (SSSR count). The van der Waals surface area contributed by atoms with Crippen LogP contribution in [-0.2, 0) is 4.79 Å². The van der Waals surface area contributed by atoms with Crippen molar-refractivity contribution in [2.45, 2.75) is 37.1 Å². The minimum atomic E-state index is -2.80. The van der Waals surface area contributed by atoms with E-state index < -0.39 is 24.9 Å². The van der Waals surface area contributed by atoms with E-state index in [-0.39, 0.29) is 24.2 Å². The number of alkyl halides is 2. The summed E-state index contributed by atoms with van der Waals surface area (Å²) < 4.78 is 26.7. The van der Waals surface area contributed by atoms with Crippen LogP contribution >= 0.6 is 12.4 Å². The minimum Gasteiger partial charge on any atom is -0.341 e. The quantitative estimate of drug-likeness (QED) is 0.835. The van der Waals surface area contributed by atoms with Crippen molar-refractivity contribution in [3.8, 4) is 11.4 Å². The van der Waals surface area contributed by atoms with E-state index in [0.717, 1.165) is 24.2 Å². The van der Waals surface area contributed by atoms with Gasteiger partial charge in [0.05, 0.1) is 12.6 Å². The fourth-order valence-electron chi connectivity index (χ4n) is 3.68. The van der Waals surface area contributed by atoms with Gasteiger partial charge in [0.1, 0.15) is 5.82 Å². The van der Waals surface area contributed by atoms with E-state index in [1.165, 1.54) is 0 Å². The normalized spacial score (nSPS) is 24.4. The molecule has 9 heteroatoms. The third-order valence-corrected chi connectivity index (χ3v) is 5.06. The molecule has 2 fully saturated rings. The maximum atomic E-state index is 13.4. The number of benzene rings is 1. The van der Waals surface area contributed by atoms with Crippen molar-refractivity contribution in [3.05, 3.63) is 36.2 Å². The van der Waals surface area contributed by atoms with Crippen LogP contribution in [0.2, 0.25) is 0 Å². The summed E-state index contributed by atoms with van der Waals surface area (Å²) in [6, 6.07) is 8.87. The number of rotatable bonds is 3. The Balaban J connectivity index is 0.00000210. The van der Waals surface area contributed by atoms with Gasteiger partial charge in [-0.15, -0.1) is 12.4 Å². The van der Waals surface area contributed by atoms with E-state index in [4.69, 9.17) is 0 Å². The number of carbonyl (C=O) groups excluding carboxylic acids is 1. The Bertz CT molecular complexity index is 785. The average Bonchev–Trinajstić information content (AvgIpc) is 3.29. The van der Waals surface area contributed by atoms with Gasteiger partial charge in [0.2, 0.25) is 5.91 Å². The molecule has 146 valence electrons. The highest BCUT2D eigenvalue weighted by molar-refractivity contribution is 5.85. The summed E-state index contributed by atoms with van der Waals surface area (Å²) in [6.45, 7) is 0.647. The molecule has 27 heavy (non-hydrogen) atoms.